The summed E-state index contributed by atoms with van der Waals surface area (Å²) in [6, 6.07) is 12.3. The van der Waals surface area contributed by atoms with Crippen LogP contribution in [-0.4, -0.2) is 18.1 Å². The lowest BCUT2D eigenvalue weighted by Crippen LogP contribution is -2.27. The third-order valence-electron chi connectivity index (χ3n) is 3.74. The first-order valence-electron chi connectivity index (χ1n) is 6.75. The molecule has 4 heteroatoms. The second-order valence-electron chi connectivity index (χ2n) is 5.00. The molecule has 4 nitrogen and oxygen atoms in total. The molecule has 1 aliphatic heterocycles. The number of nitrogens with two attached hydrogens (primary N) is 1. The van der Waals surface area contributed by atoms with Gasteiger partial charge in [-0.1, -0.05) is 24.3 Å². The molecule has 1 aromatic heterocycles. The van der Waals surface area contributed by atoms with E-state index in [-0.39, 0.29) is 0 Å². The van der Waals surface area contributed by atoms with Crippen molar-refractivity contribution in [2.75, 3.05) is 23.7 Å². The van der Waals surface area contributed by atoms with Crippen molar-refractivity contribution in [1.29, 1.82) is 5.26 Å². The highest BCUT2D eigenvalue weighted by Crippen LogP contribution is 2.24. The Bertz CT molecular complexity index is 645. The van der Waals surface area contributed by atoms with Crippen LogP contribution >= 0.6 is 0 Å². The number of rotatable bonds is 1. The van der Waals surface area contributed by atoms with Crippen LogP contribution in [0.15, 0.2) is 36.5 Å². The summed E-state index contributed by atoms with van der Waals surface area (Å²) in [6.45, 7) is 1.81. The van der Waals surface area contributed by atoms with Crippen LogP contribution in [0.4, 0.5) is 11.5 Å². The Labute approximate surface area is 118 Å². The number of nitriles is 1. The summed E-state index contributed by atoms with van der Waals surface area (Å²) in [7, 11) is 0. The first-order chi connectivity index (χ1) is 9.78. The molecule has 0 amide bonds. The fourth-order valence-corrected chi connectivity index (χ4v) is 2.68. The zero-order valence-electron chi connectivity index (χ0n) is 11.2. The van der Waals surface area contributed by atoms with Gasteiger partial charge in [0.05, 0.1) is 11.3 Å². The molecule has 0 saturated heterocycles. The molecule has 2 N–H and O–H groups in total. The van der Waals surface area contributed by atoms with E-state index >= 15 is 0 Å². The van der Waals surface area contributed by atoms with E-state index in [9.17, 15) is 0 Å². The fourth-order valence-electron chi connectivity index (χ4n) is 2.68. The molecule has 0 atom stereocenters. The predicted molar refractivity (Wildman–Crippen MR) is 79.4 cm³/mol. The fraction of sp³-hybridized carbons (Fsp3) is 0.250. The molecule has 0 radical (unpaired) electrons. The predicted octanol–water partition coefficient (Wildman–Crippen LogP) is 2.14. The van der Waals surface area contributed by atoms with Crippen LogP contribution in [0.25, 0.3) is 0 Å². The maximum absolute atomic E-state index is 8.87. The summed E-state index contributed by atoms with van der Waals surface area (Å²) in [4.78, 5) is 6.56. The van der Waals surface area contributed by atoms with Crippen LogP contribution < -0.4 is 10.6 Å². The van der Waals surface area contributed by atoms with Crippen LogP contribution in [0.5, 0.6) is 0 Å². The van der Waals surface area contributed by atoms with Gasteiger partial charge in [0.1, 0.15) is 6.07 Å². The molecular formula is C16H16N4. The second-order valence-corrected chi connectivity index (χ2v) is 5.00. The van der Waals surface area contributed by atoms with Gasteiger partial charge in [-0.15, -0.1) is 0 Å². The molecule has 0 saturated carbocycles. The highest BCUT2D eigenvalue weighted by atomic mass is 15.2. The Morgan fingerprint density at radius 2 is 1.80 bits per heavy atom. The Kier molecular flexibility index (Phi) is 3.26. The maximum atomic E-state index is 8.87. The van der Waals surface area contributed by atoms with Crippen molar-refractivity contribution in [2.24, 2.45) is 0 Å². The van der Waals surface area contributed by atoms with Crippen LogP contribution in [0.1, 0.15) is 16.7 Å². The standard InChI is InChI=1S/C16H16N4/c17-10-12-9-15(18)16(19-11-12)20-7-5-13-3-1-2-4-14(13)6-8-20/h1-4,9,11H,5-8,18H2. The van der Waals surface area contributed by atoms with Crippen LogP contribution in [0.2, 0.25) is 0 Å². The van der Waals surface area contributed by atoms with Crippen molar-refractivity contribution in [3.05, 3.63) is 53.2 Å². The normalized spacial score (nSPS) is 14.2. The summed E-state index contributed by atoms with van der Waals surface area (Å²) < 4.78 is 0. The number of hydrogen-bond acceptors (Lipinski definition) is 4. The average molecular weight is 264 g/mol. The highest BCUT2D eigenvalue weighted by Gasteiger charge is 2.16. The Balaban J connectivity index is 1.85. The minimum absolute atomic E-state index is 0.504. The topological polar surface area (TPSA) is 65.9 Å². The lowest BCUT2D eigenvalue weighted by atomic mass is 10.0. The van der Waals surface area contributed by atoms with Gasteiger partial charge in [-0.2, -0.15) is 5.26 Å². The van der Waals surface area contributed by atoms with Crippen molar-refractivity contribution in [3.8, 4) is 6.07 Å². The molecule has 2 heterocycles. The van der Waals surface area contributed by atoms with Gasteiger partial charge < -0.3 is 10.6 Å². The van der Waals surface area contributed by atoms with Gasteiger partial charge in [-0.25, -0.2) is 4.98 Å². The molecular weight excluding hydrogens is 248 g/mol. The van der Waals surface area contributed by atoms with E-state index in [1.165, 1.54) is 11.1 Å². The largest absolute Gasteiger partial charge is 0.396 e. The van der Waals surface area contributed by atoms with E-state index in [1.807, 2.05) is 0 Å². The lowest BCUT2D eigenvalue weighted by Gasteiger charge is -2.22. The first kappa shape index (κ1) is 12.5. The quantitative estimate of drug-likeness (QED) is 0.857. The molecule has 0 fully saturated rings. The zero-order valence-corrected chi connectivity index (χ0v) is 11.2. The minimum Gasteiger partial charge on any atom is -0.396 e. The Morgan fingerprint density at radius 3 is 2.35 bits per heavy atom. The Morgan fingerprint density at radius 1 is 1.15 bits per heavy atom. The summed E-state index contributed by atoms with van der Waals surface area (Å²) in [5.41, 5.74) is 9.92. The van der Waals surface area contributed by atoms with Crippen LogP contribution in [0, 0.1) is 11.3 Å². The molecule has 0 bridgehead atoms. The summed E-state index contributed by atoms with van der Waals surface area (Å²) >= 11 is 0. The van der Waals surface area contributed by atoms with Crippen molar-refractivity contribution in [1.82, 2.24) is 4.98 Å². The lowest BCUT2D eigenvalue weighted by molar-refractivity contribution is 0.792. The number of pyridine rings is 1. The van der Waals surface area contributed by atoms with E-state index in [0.717, 1.165) is 31.7 Å². The maximum Gasteiger partial charge on any atom is 0.151 e. The minimum atomic E-state index is 0.504. The number of anilines is 2. The van der Waals surface area contributed by atoms with Gasteiger partial charge in [0.2, 0.25) is 0 Å². The van der Waals surface area contributed by atoms with E-state index in [0.29, 0.717) is 11.3 Å². The summed E-state index contributed by atoms with van der Waals surface area (Å²) in [5, 5.41) is 8.87. The van der Waals surface area contributed by atoms with Gasteiger partial charge in [0.25, 0.3) is 0 Å². The van der Waals surface area contributed by atoms with Crippen molar-refractivity contribution in [3.63, 3.8) is 0 Å². The van der Waals surface area contributed by atoms with Crippen molar-refractivity contribution in [2.45, 2.75) is 12.8 Å². The SMILES string of the molecule is N#Cc1cnc(N2CCc3ccccc3CC2)c(N)c1. The first-order valence-corrected chi connectivity index (χ1v) is 6.75. The van der Waals surface area contributed by atoms with Gasteiger partial charge in [0, 0.05) is 19.3 Å². The Hall–Kier alpha value is -2.54. The average Bonchev–Trinajstić information content (AvgIpc) is 2.70. The van der Waals surface area contributed by atoms with Crippen molar-refractivity contribution < 1.29 is 0 Å². The van der Waals surface area contributed by atoms with E-state index in [4.69, 9.17) is 11.0 Å². The van der Waals surface area contributed by atoms with Crippen LogP contribution in [-0.2, 0) is 12.8 Å². The van der Waals surface area contributed by atoms with E-state index in [2.05, 4.69) is 40.2 Å². The third-order valence-corrected chi connectivity index (χ3v) is 3.74. The number of hydrogen-bond donors (Lipinski definition) is 1. The number of nitrogen functional groups attached to an aromatic ring is 1. The zero-order chi connectivity index (χ0) is 13.9. The molecule has 20 heavy (non-hydrogen) atoms. The molecule has 2 aromatic rings. The van der Waals surface area contributed by atoms with E-state index in [1.54, 1.807) is 12.3 Å². The monoisotopic (exact) mass is 264 g/mol. The molecule has 0 spiro atoms. The number of nitrogens with zero attached hydrogens (tertiary/aromatic N) is 3. The number of benzene rings is 1. The highest BCUT2D eigenvalue weighted by molar-refractivity contribution is 5.64. The molecule has 1 aromatic carbocycles. The molecule has 0 unspecified atom stereocenters. The number of aromatic nitrogens is 1. The van der Waals surface area contributed by atoms with Gasteiger partial charge in [-0.3, -0.25) is 0 Å². The molecule has 0 aliphatic carbocycles. The molecule has 100 valence electrons. The van der Waals surface area contributed by atoms with Crippen molar-refractivity contribution >= 4 is 11.5 Å². The van der Waals surface area contributed by atoms with E-state index < -0.39 is 0 Å². The van der Waals surface area contributed by atoms with Gasteiger partial charge >= 0.3 is 0 Å². The number of fused-ring (bicyclic) bond motifs is 1. The molecule has 3 rings (SSSR count). The van der Waals surface area contributed by atoms with Gasteiger partial charge in [-0.05, 0) is 30.0 Å². The third kappa shape index (κ3) is 2.30. The van der Waals surface area contributed by atoms with Gasteiger partial charge in [0.15, 0.2) is 5.82 Å². The molecule has 1 aliphatic rings. The summed E-state index contributed by atoms with van der Waals surface area (Å²) in [5.74, 6) is 0.789. The van der Waals surface area contributed by atoms with Crippen LogP contribution in [0.3, 0.4) is 0 Å². The second kappa shape index (κ2) is 5.22. The smallest absolute Gasteiger partial charge is 0.151 e. The summed E-state index contributed by atoms with van der Waals surface area (Å²) in [6.07, 6.45) is 3.58.